The summed E-state index contributed by atoms with van der Waals surface area (Å²) in [6.45, 7) is 0.181. The SMILES string of the molecule is COc1ccc(CNC(=O)/C(C#N)=C\c2ccc(-c3ccc([N+](=O)[O-])cc3[N+](=O)[O-])o2)cc1. The van der Waals surface area contributed by atoms with Crippen molar-refractivity contribution >= 4 is 23.4 Å². The Morgan fingerprint density at radius 2 is 1.85 bits per heavy atom. The Hall–Kier alpha value is -4.98. The third-order valence-electron chi connectivity index (χ3n) is 4.54. The Kier molecular flexibility index (Phi) is 6.80. The van der Waals surface area contributed by atoms with Gasteiger partial charge in [0, 0.05) is 18.7 Å². The molecule has 11 heteroatoms. The summed E-state index contributed by atoms with van der Waals surface area (Å²) in [6, 6.07) is 14.8. The number of benzene rings is 2. The van der Waals surface area contributed by atoms with E-state index in [0.717, 1.165) is 17.7 Å². The third-order valence-corrected chi connectivity index (χ3v) is 4.54. The second kappa shape index (κ2) is 9.88. The van der Waals surface area contributed by atoms with Crippen LogP contribution in [0.2, 0.25) is 0 Å². The van der Waals surface area contributed by atoms with Crippen molar-refractivity contribution in [1.29, 1.82) is 5.26 Å². The minimum atomic E-state index is -0.756. The maximum absolute atomic E-state index is 12.4. The van der Waals surface area contributed by atoms with Crippen molar-refractivity contribution in [3.63, 3.8) is 0 Å². The Balaban J connectivity index is 1.79. The summed E-state index contributed by atoms with van der Waals surface area (Å²) >= 11 is 0. The Labute approximate surface area is 186 Å². The summed E-state index contributed by atoms with van der Waals surface area (Å²) in [5, 5.41) is 34.2. The first-order valence-corrected chi connectivity index (χ1v) is 9.38. The number of nitrogens with zero attached hydrogens (tertiary/aromatic N) is 3. The highest BCUT2D eigenvalue weighted by molar-refractivity contribution is 6.01. The topological polar surface area (TPSA) is 162 Å². The van der Waals surface area contributed by atoms with Gasteiger partial charge in [-0.2, -0.15) is 5.26 Å². The predicted octanol–water partition coefficient (Wildman–Crippen LogP) is 3.99. The summed E-state index contributed by atoms with van der Waals surface area (Å²) < 4.78 is 10.6. The first kappa shape index (κ1) is 22.7. The highest BCUT2D eigenvalue weighted by Crippen LogP contribution is 2.34. The van der Waals surface area contributed by atoms with E-state index < -0.39 is 27.1 Å². The minimum absolute atomic E-state index is 0.0210. The number of amides is 1. The molecule has 0 aliphatic carbocycles. The van der Waals surface area contributed by atoms with Gasteiger partial charge in [-0.05, 0) is 35.9 Å². The van der Waals surface area contributed by atoms with Gasteiger partial charge in [-0.3, -0.25) is 25.0 Å². The highest BCUT2D eigenvalue weighted by atomic mass is 16.6. The monoisotopic (exact) mass is 448 g/mol. The van der Waals surface area contributed by atoms with E-state index in [4.69, 9.17) is 9.15 Å². The molecule has 0 spiro atoms. The normalized spacial score (nSPS) is 10.8. The molecule has 2 aromatic carbocycles. The summed E-state index contributed by atoms with van der Waals surface area (Å²) in [4.78, 5) is 33.1. The molecule has 0 saturated carbocycles. The number of carbonyl (C=O) groups is 1. The molecule has 1 heterocycles. The first-order valence-electron chi connectivity index (χ1n) is 9.38. The van der Waals surface area contributed by atoms with Crippen molar-refractivity contribution in [2.45, 2.75) is 6.54 Å². The molecule has 3 aromatic rings. The molecule has 0 aliphatic heterocycles. The second-order valence-electron chi connectivity index (χ2n) is 6.62. The van der Waals surface area contributed by atoms with Crippen LogP contribution in [0.25, 0.3) is 17.4 Å². The number of rotatable bonds is 8. The van der Waals surface area contributed by atoms with Gasteiger partial charge in [0.05, 0.1) is 28.6 Å². The highest BCUT2D eigenvalue weighted by Gasteiger charge is 2.22. The van der Waals surface area contributed by atoms with Crippen molar-refractivity contribution in [2.75, 3.05) is 7.11 Å². The van der Waals surface area contributed by atoms with E-state index in [1.165, 1.54) is 24.3 Å². The number of methoxy groups -OCH3 is 1. The molecule has 0 atom stereocenters. The zero-order valence-corrected chi connectivity index (χ0v) is 17.2. The molecule has 0 unspecified atom stereocenters. The van der Waals surface area contributed by atoms with Crippen molar-refractivity contribution < 1.29 is 23.8 Å². The number of furan rings is 1. The van der Waals surface area contributed by atoms with Crippen molar-refractivity contribution in [3.05, 3.63) is 91.7 Å². The predicted molar refractivity (Wildman–Crippen MR) is 116 cm³/mol. The molecule has 0 saturated heterocycles. The lowest BCUT2D eigenvalue weighted by atomic mass is 10.1. The van der Waals surface area contributed by atoms with Gasteiger partial charge in [0.25, 0.3) is 17.3 Å². The number of ether oxygens (including phenoxy) is 1. The van der Waals surface area contributed by atoms with Crippen LogP contribution >= 0.6 is 0 Å². The van der Waals surface area contributed by atoms with Crippen molar-refractivity contribution in [1.82, 2.24) is 5.32 Å². The fraction of sp³-hybridized carbons (Fsp3) is 0.0909. The molecule has 1 aromatic heterocycles. The van der Waals surface area contributed by atoms with Crippen LogP contribution in [0.5, 0.6) is 5.75 Å². The van der Waals surface area contributed by atoms with Gasteiger partial charge in [-0.1, -0.05) is 12.1 Å². The van der Waals surface area contributed by atoms with E-state index in [2.05, 4.69) is 5.32 Å². The van der Waals surface area contributed by atoms with E-state index in [1.807, 2.05) is 0 Å². The van der Waals surface area contributed by atoms with Crippen LogP contribution in [0.4, 0.5) is 11.4 Å². The van der Waals surface area contributed by atoms with Crippen LogP contribution in [-0.4, -0.2) is 22.9 Å². The molecule has 0 fully saturated rings. The van der Waals surface area contributed by atoms with Gasteiger partial charge in [0.1, 0.15) is 28.9 Å². The smallest absolute Gasteiger partial charge is 0.287 e. The van der Waals surface area contributed by atoms with Gasteiger partial charge in [0.2, 0.25) is 0 Å². The zero-order valence-electron chi connectivity index (χ0n) is 17.2. The van der Waals surface area contributed by atoms with Crippen LogP contribution in [-0.2, 0) is 11.3 Å². The third kappa shape index (κ3) is 5.39. The van der Waals surface area contributed by atoms with E-state index >= 15 is 0 Å². The largest absolute Gasteiger partial charge is 0.497 e. The van der Waals surface area contributed by atoms with Crippen LogP contribution in [0.15, 0.2) is 64.6 Å². The van der Waals surface area contributed by atoms with Crippen LogP contribution in [0.1, 0.15) is 11.3 Å². The standard InChI is InChI=1S/C22H16N4O7/c1-32-17-5-2-14(3-6-17)13-24-22(27)15(12-23)10-18-7-9-21(33-18)19-8-4-16(25(28)29)11-20(19)26(30)31/h2-11H,13H2,1H3,(H,24,27)/b15-10-. The Bertz CT molecular complexity index is 1290. The number of nitrogens with one attached hydrogen (secondary N) is 1. The molecule has 1 N–H and O–H groups in total. The van der Waals surface area contributed by atoms with Crippen LogP contribution in [0.3, 0.4) is 0 Å². The van der Waals surface area contributed by atoms with E-state index in [0.29, 0.717) is 5.75 Å². The molecule has 0 aliphatic rings. The maximum atomic E-state index is 12.4. The number of nitriles is 1. The molecule has 0 bridgehead atoms. The summed E-state index contributed by atoms with van der Waals surface area (Å²) in [5.74, 6) is 0.199. The first-order chi connectivity index (χ1) is 15.8. The van der Waals surface area contributed by atoms with Crippen molar-refractivity contribution in [2.24, 2.45) is 0 Å². The average Bonchev–Trinajstić information content (AvgIpc) is 3.29. The lowest BCUT2D eigenvalue weighted by Crippen LogP contribution is -2.23. The minimum Gasteiger partial charge on any atom is -0.497 e. The molecule has 3 rings (SSSR count). The zero-order chi connectivity index (χ0) is 24.0. The molecule has 0 radical (unpaired) electrons. The Morgan fingerprint density at radius 1 is 1.12 bits per heavy atom. The van der Waals surface area contributed by atoms with Crippen molar-refractivity contribution in [3.8, 4) is 23.1 Å². The second-order valence-corrected chi connectivity index (χ2v) is 6.62. The molecule has 1 amide bonds. The number of carbonyl (C=O) groups excluding carboxylic acids is 1. The number of nitro benzene ring substituents is 2. The summed E-state index contributed by atoms with van der Waals surface area (Å²) in [7, 11) is 1.54. The molecule has 11 nitrogen and oxygen atoms in total. The maximum Gasteiger partial charge on any atom is 0.287 e. The van der Waals surface area contributed by atoms with Crippen LogP contribution in [0, 0.1) is 31.6 Å². The lowest BCUT2D eigenvalue weighted by molar-refractivity contribution is -0.393. The van der Waals surface area contributed by atoms with Gasteiger partial charge >= 0.3 is 0 Å². The molecular formula is C22H16N4O7. The van der Waals surface area contributed by atoms with Gasteiger partial charge < -0.3 is 14.5 Å². The number of hydrogen-bond acceptors (Lipinski definition) is 8. The summed E-state index contributed by atoms with van der Waals surface area (Å²) in [6.07, 6.45) is 1.20. The fourth-order valence-electron chi connectivity index (χ4n) is 2.88. The molecule has 166 valence electrons. The van der Waals surface area contributed by atoms with E-state index in [-0.39, 0.29) is 29.2 Å². The number of hydrogen-bond donors (Lipinski definition) is 1. The van der Waals surface area contributed by atoms with Gasteiger partial charge in [0.15, 0.2) is 0 Å². The van der Waals surface area contributed by atoms with E-state index in [1.54, 1.807) is 37.4 Å². The molecular weight excluding hydrogens is 432 g/mol. The average molecular weight is 448 g/mol. The van der Waals surface area contributed by atoms with Gasteiger partial charge in [-0.15, -0.1) is 0 Å². The Morgan fingerprint density at radius 3 is 2.45 bits per heavy atom. The number of nitro groups is 2. The summed E-state index contributed by atoms with van der Waals surface area (Å²) in [5.41, 5.74) is -0.355. The van der Waals surface area contributed by atoms with Gasteiger partial charge in [-0.25, -0.2) is 0 Å². The fourth-order valence-corrected chi connectivity index (χ4v) is 2.88. The molecule has 33 heavy (non-hydrogen) atoms. The van der Waals surface area contributed by atoms with Crippen LogP contribution < -0.4 is 10.1 Å². The number of non-ortho nitro benzene ring substituents is 1. The lowest BCUT2D eigenvalue weighted by Gasteiger charge is -2.05. The van der Waals surface area contributed by atoms with E-state index in [9.17, 15) is 30.3 Å². The quantitative estimate of drug-likeness (QED) is 0.234.